The van der Waals surface area contributed by atoms with Crippen LogP contribution in [0.5, 0.6) is 0 Å². The van der Waals surface area contributed by atoms with Crippen molar-refractivity contribution in [2.75, 3.05) is 40.3 Å². The van der Waals surface area contributed by atoms with Crippen molar-refractivity contribution in [1.29, 1.82) is 5.26 Å². The normalized spacial score (nSPS) is 25.0. The predicted octanol–water partition coefficient (Wildman–Crippen LogP) is 1.62. The van der Waals surface area contributed by atoms with Crippen LogP contribution in [0.15, 0.2) is 0 Å². The monoisotopic (exact) mass is 346 g/mol. The topological polar surface area (TPSA) is 67.7 Å². The number of hydrogen-bond donors (Lipinski definition) is 0. The van der Waals surface area contributed by atoms with Crippen LogP contribution in [0.3, 0.4) is 0 Å². The highest BCUT2D eigenvalue weighted by Crippen LogP contribution is 2.43. The molecule has 6 nitrogen and oxygen atoms in total. The van der Waals surface area contributed by atoms with E-state index in [2.05, 4.69) is 15.9 Å². The lowest BCUT2D eigenvalue weighted by atomic mass is 9.82. The molecule has 2 aliphatic heterocycles. The number of likely N-dealkylation sites (tertiary alicyclic amines) is 2. The highest BCUT2D eigenvalue weighted by molar-refractivity contribution is 5.86. The fourth-order valence-electron chi connectivity index (χ4n) is 4.84. The molecule has 0 aromatic carbocycles. The fourth-order valence-corrected chi connectivity index (χ4v) is 4.84. The third kappa shape index (κ3) is 3.27. The molecule has 0 unspecified atom stereocenters. The second-order valence-corrected chi connectivity index (χ2v) is 8.27. The van der Waals surface area contributed by atoms with Crippen LogP contribution in [0.25, 0.3) is 0 Å². The first-order valence-corrected chi connectivity index (χ1v) is 9.58. The first-order chi connectivity index (χ1) is 11.9. The first-order valence-electron chi connectivity index (χ1n) is 9.58. The summed E-state index contributed by atoms with van der Waals surface area (Å²) in [5.74, 6) is 0.289. The molecule has 6 heteroatoms. The van der Waals surface area contributed by atoms with Crippen LogP contribution in [0.2, 0.25) is 0 Å². The van der Waals surface area contributed by atoms with Crippen molar-refractivity contribution in [3.8, 4) is 6.07 Å². The van der Waals surface area contributed by atoms with E-state index in [1.165, 1.54) is 0 Å². The number of piperidine rings is 1. The summed E-state index contributed by atoms with van der Waals surface area (Å²) in [4.78, 5) is 31.4. The molecule has 25 heavy (non-hydrogen) atoms. The Kier molecular flexibility index (Phi) is 5.06. The summed E-state index contributed by atoms with van der Waals surface area (Å²) < 4.78 is 0. The summed E-state index contributed by atoms with van der Waals surface area (Å²) in [5.41, 5.74) is -0.847. The highest BCUT2D eigenvalue weighted by Gasteiger charge is 2.50. The van der Waals surface area contributed by atoms with Gasteiger partial charge in [-0.1, -0.05) is 12.8 Å². The smallest absolute Gasteiger partial charge is 0.243 e. The molecule has 0 atom stereocenters. The first kappa shape index (κ1) is 18.2. The number of hydrogen-bond acceptors (Lipinski definition) is 4. The fraction of sp³-hybridized carbons (Fsp3) is 0.842. The highest BCUT2D eigenvalue weighted by atomic mass is 16.2. The SMILES string of the molecule is CN(C)CCN1C(=O)CCC12CCN(C(=O)C1(C#N)CCCC1)CC2. The summed E-state index contributed by atoms with van der Waals surface area (Å²) in [6.45, 7) is 2.98. The molecule has 0 N–H and O–H groups in total. The number of rotatable bonds is 4. The van der Waals surface area contributed by atoms with Crippen molar-refractivity contribution in [1.82, 2.24) is 14.7 Å². The molecule has 2 amide bonds. The average molecular weight is 346 g/mol. The van der Waals surface area contributed by atoms with E-state index in [1.54, 1.807) is 0 Å². The van der Waals surface area contributed by atoms with E-state index in [-0.39, 0.29) is 17.4 Å². The molecule has 3 fully saturated rings. The summed E-state index contributed by atoms with van der Waals surface area (Å²) in [5, 5.41) is 9.57. The van der Waals surface area contributed by atoms with Gasteiger partial charge in [0.05, 0.1) is 6.07 Å². The Morgan fingerprint density at radius 3 is 2.36 bits per heavy atom. The number of amides is 2. The van der Waals surface area contributed by atoms with E-state index >= 15 is 0 Å². The van der Waals surface area contributed by atoms with Gasteiger partial charge in [-0.2, -0.15) is 5.26 Å². The standard InChI is InChI=1S/C19H30N4O2/c1-21(2)13-14-23-16(24)5-8-19(23)9-11-22(12-10-19)17(25)18(15-20)6-3-4-7-18/h3-14H2,1-2H3. The van der Waals surface area contributed by atoms with Gasteiger partial charge in [0.1, 0.15) is 5.41 Å². The number of carbonyl (C=O) groups is 2. The van der Waals surface area contributed by atoms with Crippen molar-refractivity contribution >= 4 is 11.8 Å². The zero-order valence-corrected chi connectivity index (χ0v) is 15.6. The molecule has 1 spiro atoms. The predicted molar refractivity (Wildman–Crippen MR) is 94.6 cm³/mol. The molecule has 2 heterocycles. The van der Waals surface area contributed by atoms with Gasteiger partial charge in [-0.05, 0) is 46.2 Å². The van der Waals surface area contributed by atoms with Crippen LogP contribution in [-0.2, 0) is 9.59 Å². The lowest BCUT2D eigenvalue weighted by Gasteiger charge is -2.46. The van der Waals surface area contributed by atoms with Crippen molar-refractivity contribution < 1.29 is 9.59 Å². The minimum atomic E-state index is -0.777. The maximum atomic E-state index is 12.9. The van der Waals surface area contributed by atoms with Crippen LogP contribution >= 0.6 is 0 Å². The van der Waals surface area contributed by atoms with Crippen molar-refractivity contribution in [2.24, 2.45) is 5.41 Å². The van der Waals surface area contributed by atoms with Crippen molar-refractivity contribution in [3.63, 3.8) is 0 Å². The summed E-state index contributed by atoms with van der Waals surface area (Å²) in [6, 6.07) is 2.32. The van der Waals surface area contributed by atoms with Crippen LogP contribution in [0.1, 0.15) is 51.4 Å². The number of nitrogens with zero attached hydrogens (tertiary/aromatic N) is 4. The molecule has 0 radical (unpaired) electrons. The molecule has 138 valence electrons. The largest absolute Gasteiger partial charge is 0.341 e. The van der Waals surface area contributed by atoms with Gasteiger partial charge in [0.25, 0.3) is 0 Å². The van der Waals surface area contributed by atoms with Gasteiger partial charge < -0.3 is 14.7 Å². The molecule has 0 bridgehead atoms. The summed E-state index contributed by atoms with van der Waals surface area (Å²) in [7, 11) is 4.05. The second kappa shape index (κ2) is 6.95. The molecule has 2 saturated heterocycles. The van der Waals surface area contributed by atoms with Gasteiger partial charge in [0.15, 0.2) is 0 Å². The summed E-state index contributed by atoms with van der Waals surface area (Å²) in [6.07, 6.45) is 6.59. The van der Waals surface area contributed by atoms with Gasteiger partial charge in [0, 0.05) is 38.1 Å². The van der Waals surface area contributed by atoms with E-state index in [9.17, 15) is 14.9 Å². The Morgan fingerprint density at radius 2 is 1.80 bits per heavy atom. The Hall–Kier alpha value is -1.61. The minimum Gasteiger partial charge on any atom is -0.341 e. The Labute approximate surface area is 150 Å². The Bertz CT molecular complexity index is 566. The maximum absolute atomic E-state index is 12.9. The zero-order valence-electron chi connectivity index (χ0n) is 15.6. The van der Waals surface area contributed by atoms with Crippen LogP contribution in [-0.4, -0.2) is 72.3 Å². The average Bonchev–Trinajstić information content (AvgIpc) is 3.20. The van der Waals surface area contributed by atoms with E-state index < -0.39 is 5.41 Å². The molecule has 1 aliphatic carbocycles. The van der Waals surface area contributed by atoms with Gasteiger partial charge in [-0.25, -0.2) is 0 Å². The third-order valence-electron chi connectivity index (χ3n) is 6.51. The van der Waals surface area contributed by atoms with Crippen LogP contribution in [0, 0.1) is 16.7 Å². The van der Waals surface area contributed by atoms with Crippen molar-refractivity contribution in [3.05, 3.63) is 0 Å². The third-order valence-corrected chi connectivity index (χ3v) is 6.51. The molecule has 1 saturated carbocycles. The molecule has 0 aromatic rings. The molecular formula is C19H30N4O2. The lowest BCUT2D eigenvalue weighted by molar-refractivity contribution is -0.142. The summed E-state index contributed by atoms with van der Waals surface area (Å²) >= 11 is 0. The van der Waals surface area contributed by atoms with E-state index in [0.717, 1.165) is 45.2 Å². The van der Waals surface area contributed by atoms with Gasteiger partial charge in [-0.3, -0.25) is 9.59 Å². The van der Waals surface area contributed by atoms with Crippen LogP contribution < -0.4 is 0 Å². The molecule has 3 rings (SSSR count). The van der Waals surface area contributed by atoms with Crippen LogP contribution in [0.4, 0.5) is 0 Å². The Balaban J connectivity index is 1.65. The zero-order chi connectivity index (χ0) is 18.1. The number of likely N-dealkylation sites (N-methyl/N-ethyl adjacent to an activating group) is 1. The molecule has 3 aliphatic rings. The number of carbonyl (C=O) groups excluding carboxylic acids is 2. The Morgan fingerprint density at radius 1 is 1.16 bits per heavy atom. The van der Waals surface area contributed by atoms with Gasteiger partial charge in [0.2, 0.25) is 11.8 Å². The minimum absolute atomic E-state index is 0.0338. The van der Waals surface area contributed by atoms with Crippen molar-refractivity contribution in [2.45, 2.75) is 56.9 Å². The second-order valence-electron chi connectivity index (χ2n) is 8.27. The lowest BCUT2D eigenvalue weighted by Crippen LogP contribution is -2.56. The molecule has 0 aromatic heterocycles. The van der Waals surface area contributed by atoms with E-state index in [0.29, 0.717) is 32.4 Å². The van der Waals surface area contributed by atoms with E-state index in [4.69, 9.17) is 0 Å². The number of nitriles is 1. The van der Waals surface area contributed by atoms with Gasteiger partial charge >= 0.3 is 0 Å². The molecular weight excluding hydrogens is 316 g/mol. The maximum Gasteiger partial charge on any atom is 0.243 e. The quantitative estimate of drug-likeness (QED) is 0.776. The van der Waals surface area contributed by atoms with E-state index in [1.807, 2.05) is 19.0 Å². The van der Waals surface area contributed by atoms with Gasteiger partial charge in [-0.15, -0.1) is 0 Å².